The summed E-state index contributed by atoms with van der Waals surface area (Å²) >= 11 is 0. The summed E-state index contributed by atoms with van der Waals surface area (Å²) in [6, 6.07) is 9.24. The van der Waals surface area contributed by atoms with E-state index in [1.54, 1.807) is 30.3 Å². The van der Waals surface area contributed by atoms with Crippen molar-refractivity contribution in [1.29, 1.82) is 0 Å². The molecule has 3 N–H and O–H groups in total. The topological polar surface area (TPSA) is 72.6 Å². The molecule has 0 aliphatic heterocycles. The lowest BCUT2D eigenvalue weighted by molar-refractivity contribution is -0.143. The van der Waals surface area contributed by atoms with Crippen LogP contribution in [0.25, 0.3) is 0 Å². The summed E-state index contributed by atoms with van der Waals surface area (Å²) in [5.41, 5.74) is 2.10. The summed E-state index contributed by atoms with van der Waals surface area (Å²) in [6.45, 7) is -0.849. The maximum atomic E-state index is 13.2. The van der Waals surface area contributed by atoms with E-state index in [0.717, 1.165) is 0 Å². The van der Waals surface area contributed by atoms with Crippen molar-refractivity contribution >= 4 is 6.09 Å². The Bertz CT molecular complexity index is 804. The van der Waals surface area contributed by atoms with Crippen LogP contribution in [0.4, 0.5) is 31.1 Å². The van der Waals surface area contributed by atoms with Gasteiger partial charge in [0.1, 0.15) is 6.10 Å². The Labute approximate surface area is 161 Å². The van der Waals surface area contributed by atoms with Gasteiger partial charge in [0.2, 0.25) is 0 Å². The van der Waals surface area contributed by atoms with Crippen molar-refractivity contribution in [3.63, 3.8) is 0 Å². The van der Waals surface area contributed by atoms with Crippen LogP contribution in [-0.4, -0.2) is 23.9 Å². The summed E-state index contributed by atoms with van der Waals surface area (Å²) in [6.07, 6.45) is -12.9. The highest BCUT2D eigenvalue weighted by Gasteiger charge is 2.38. The van der Waals surface area contributed by atoms with E-state index in [4.69, 9.17) is 10.5 Å². The maximum Gasteiger partial charge on any atom is 0.416 e. The predicted molar refractivity (Wildman–Crippen MR) is 90.9 cm³/mol. The predicted octanol–water partition coefficient (Wildman–Crippen LogP) is 4.51. The molecule has 0 bridgehead atoms. The Morgan fingerprint density at radius 3 is 1.90 bits per heavy atom. The quantitative estimate of drug-likeness (QED) is 0.675. The number of ether oxygens (including phenoxy) is 1. The number of aliphatic hydroxyl groups is 1. The van der Waals surface area contributed by atoms with Crippen molar-refractivity contribution in [2.75, 3.05) is 6.61 Å². The molecule has 0 aliphatic rings. The molecular formula is C19H17F6NO3. The van der Waals surface area contributed by atoms with Crippen LogP contribution in [-0.2, 0) is 23.5 Å². The number of nitrogens with two attached hydrogens (primary N) is 1. The van der Waals surface area contributed by atoms with E-state index in [-0.39, 0.29) is 12.5 Å². The molecule has 29 heavy (non-hydrogen) atoms. The SMILES string of the molecule is NC(=O)O[C@H](CO)C(Cc1ccccc1)c1cc(C(F)(F)F)cc(C(F)(F)F)c1. The summed E-state index contributed by atoms with van der Waals surface area (Å²) in [5.74, 6) is -1.21. The highest BCUT2D eigenvalue weighted by atomic mass is 19.4. The van der Waals surface area contributed by atoms with Gasteiger partial charge in [0.15, 0.2) is 0 Å². The van der Waals surface area contributed by atoms with Crippen molar-refractivity contribution in [3.8, 4) is 0 Å². The zero-order valence-electron chi connectivity index (χ0n) is 14.8. The van der Waals surface area contributed by atoms with Crippen molar-refractivity contribution in [1.82, 2.24) is 0 Å². The van der Waals surface area contributed by atoms with Gasteiger partial charge in [0.05, 0.1) is 17.7 Å². The molecule has 4 nitrogen and oxygen atoms in total. The fourth-order valence-corrected chi connectivity index (χ4v) is 2.92. The van der Waals surface area contributed by atoms with Crippen molar-refractivity contribution in [2.24, 2.45) is 5.73 Å². The lowest BCUT2D eigenvalue weighted by atomic mass is 9.85. The Hall–Kier alpha value is -2.75. The smallest absolute Gasteiger partial charge is 0.416 e. The minimum absolute atomic E-state index is 0.00592. The highest BCUT2D eigenvalue weighted by Crippen LogP contribution is 2.39. The molecule has 1 unspecified atom stereocenters. The Morgan fingerprint density at radius 1 is 0.966 bits per heavy atom. The number of carbonyl (C=O) groups excluding carboxylic acids is 1. The molecule has 0 fully saturated rings. The van der Waals surface area contributed by atoms with Crippen molar-refractivity contribution in [2.45, 2.75) is 30.8 Å². The molecule has 2 atom stereocenters. The Morgan fingerprint density at radius 2 is 1.48 bits per heavy atom. The zero-order chi connectivity index (χ0) is 21.8. The van der Waals surface area contributed by atoms with Crippen LogP contribution >= 0.6 is 0 Å². The maximum absolute atomic E-state index is 13.2. The average Bonchev–Trinajstić information content (AvgIpc) is 2.63. The first-order valence-corrected chi connectivity index (χ1v) is 8.32. The van der Waals surface area contributed by atoms with Gasteiger partial charge in [-0.1, -0.05) is 30.3 Å². The molecule has 2 aromatic rings. The second kappa shape index (κ2) is 8.73. The zero-order valence-corrected chi connectivity index (χ0v) is 14.8. The third-order valence-corrected chi connectivity index (χ3v) is 4.23. The lowest BCUT2D eigenvalue weighted by Crippen LogP contribution is -2.33. The third-order valence-electron chi connectivity index (χ3n) is 4.23. The molecule has 10 heteroatoms. The molecule has 2 aromatic carbocycles. The first-order chi connectivity index (χ1) is 13.4. The third kappa shape index (κ3) is 6.11. The second-order valence-electron chi connectivity index (χ2n) is 6.29. The highest BCUT2D eigenvalue weighted by molar-refractivity contribution is 5.65. The summed E-state index contributed by atoms with van der Waals surface area (Å²) in [5, 5.41) is 9.57. The summed E-state index contributed by atoms with van der Waals surface area (Å²) in [4.78, 5) is 11.1. The van der Waals surface area contributed by atoms with Gasteiger partial charge in [-0.05, 0) is 35.7 Å². The number of carbonyl (C=O) groups is 1. The summed E-state index contributed by atoms with van der Waals surface area (Å²) in [7, 11) is 0. The molecular weight excluding hydrogens is 404 g/mol. The average molecular weight is 421 g/mol. The number of halogens is 6. The van der Waals surface area contributed by atoms with E-state index in [2.05, 4.69) is 0 Å². The Kier molecular flexibility index (Phi) is 6.78. The molecule has 0 radical (unpaired) electrons. The molecule has 0 aromatic heterocycles. The van der Waals surface area contributed by atoms with Gasteiger partial charge in [-0.15, -0.1) is 0 Å². The molecule has 2 rings (SSSR count). The number of alkyl halides is 6. The molecule has 0 aliphatic carbocycles. The van der Waals surface area contributed by atoms with Crippen LogP contribution in [0.2, 0.25) is 0 Å². The second-order valence-corrected chi connectivity index (χ2v) is 6.29. The number of primary amides is 1. The standard InChI is InChI=1S/C19H17F6NO3/c20-18(21,22)13-7-12(8-14(9-13)19(23,24)25)15(16(10-27)29-17(26)28)6-11-4-2-1-3-5-11/h1-5,7-9,15-16,27H,6,10H2,(H2,26,28)/t15?,16-/m1/s1. The molecule has 0 spiro atoms. The summed E-state index contributed by atoms with van der Waals surface area (Å²) < 4.78 is 83.9. The van der Waals surface area contributed by atoms with Crippen LogP contribution in [0.1, 0.15) is 28.2 Å². The number of hydrogen-bond donors (Lipinski definition) is 2. The number of benzene rings is 2. The van der Waals surface area contributed by atoms with Gasteiger partial charge in [-0.3, -0.25) is 0 Å². The molecule has 1 amide bonds. The first-order valence-electron chi connectivity index (χ1n) is 8.32. The van der Waals surface area contributed by atoms with Gasteiger partial charge >= 0.3 is 18.4 Å². The molecule has 0 saturated carbocycles. The molecule has 0 saturated heterocycles. The van der Waals surface area contributed by atoms with Gasteiger partial charge in [0.25, 0.3) is 0 Å². The van der Waals surface area contributed by atoms with Crippen molar-refractivity contribution < 1.29 is 41.0 Å². The van der Waals surface area contributed by atoms with E-state index < -0.39 is 53.8 Å². The lowest BCUT2D eigenvalue weighted by Gasteiger charge is -2.27. The number of amides is 1. The first kappa shape index (κ1) is 22.5. The fraction of sp³-hybridized carbons (Fsp3) is 0.316. The Balaban J connectivity index is 2.62. The van der Waals surface area contributed by atoms with Crippen LogP contribution in [0.3, 0.4) is 0 Å². The van der Waals surface area contributed by atoms with E-state index in [9.17, 15) is 36.2 Å². The van der Waals surface area contributed by atoms with Crippen LogP contribution in [0.15, 0.2) is 48.5 Å². The van der Waals surface area contributed by atoms with Crippen LogP contribution in [0, 0.1) is 0 Å². The monoisotopic (exact) mass is 421 g/mol. The van der Waals surface area contributed by atoms with Gasteiger partial charge in [-0.25, -0.2) is 4.79 Å². The normalized spacial score (nSPS) is 14.3. The molecule has 158 valence electrons. The van der Waals surface area contributed by atoms with Crippen LogP contribution < -0.4 is 5.73 Å². The number of aliphatic hydroxyl groups excluding tert-OH is 1. The van der Waals surface area contributed by atoms with Gasteiger partial charge in [0, 0.05) is 5.92 Å². The van der Waals surface area contributed by atoms with Crippen molar-refractivity contribution in [3.05, 3.63) is 70.8 Å². The van der Waals surface area contributed by atoms with E-state index in [1.165, 1.54) is 0 Å². The minimum atomic E-state index is -5.04. The largest absolute Gasteiger partial charge is 0.443 e. The fourth-order valence-electron chi connectivity index (χ4n) is 2.92. The van der Waals surface area contributed by atoms with E-state index in [1.807, 2.05) is 0 Å². The van der Waals surface area contributed by atoms with Gasteiger partial charge in [-0.2, -0.15) is 26.3 Å². The van der Waals surface area contributed by atoms with Crippen LogP contribution in [0.5, 0.6) is 0 Å². The van der Waals surface area contributed by atoms with E-state index in [0.29, 0.717) is 17.7 Å². The van der Waals surface area contributed by atoms with Gasteiger partial charge < -0.3 is 15.6 Å². The number of rotatable bonds is 6. The molecule has 0 heterocycles. The number of hydrogen-bond acceptors (Lipinski definition) is 3. The minimum Gasteiger partial charge on any atom is -0.443 e. The van der Waals surface area contributed by atoms with E-state index >= 15 is 0 Å².